The van der Waals surface area contributed by atoms with E-state index in [2.05, 4.69) is 27.3 Å². The van der Waals surface area contributed by atoms with E-state index in [1.54, 1.807) is 31.4 Å². The molecule has 1 N–H and O–H groups in total. The van der Waals surface area contributed by atoms with Gasteiger partial charge in [0.25, 0.3) is 5.91 Å². The average Bonchev–Trinajstić information content (AvgIpc) is 2.74. The first-order chi connectivity index (χ1) is 13.7. The average molecular weight is 376 g/mol. The molecule has 1 fully saturated rings. The summed E-state index contributed by atoms with van der Waals surface area (Å²) in [5.41, 5.74) is 1.02. The van der Waals surface area contributed by atoms with E-state index < -0.39 is 0 Å². The normalized spacial score (nSPS) is 16.8. The van der Waals surface area contributed by atoms with Gasteiger partial charge in [0.2, 0.25) is 0 Å². The highest BCUT2D eigenvalue weighted by molar-refractivity contribution is 6.12. The topological polar surface area (TPSA) is 67.3 Å². The predicted molar refractivity (Wildman–Crippen MR) is 111 cm³/mol. The molecular weight excluding hydrogens is 352 g/mol. The predicted octanol–water partition coefficient (Wildman–Crippen LogP) is 4.27. The van der Waals surface area contributed by atoms with E-state index in [1.165, 1.54) is 6.42 Å². The maximum atomic E-state index is 12.9. The number of hydrogen-bond acceptors (Lipinski definition) is 5. The van der Waals surface area contributed by atoms with Crippen LogP contribution in [-0.4, -0.2) is 35.8 Å². The lowest BCUT2D eigenvalue weighted by Gasteiger charge is -2.34. The van der Waals surface area contributed by atoms with Crippen molar-refractivity contribution in [3.05, 3.63) is 54.2 Å². The van der Waals surface area contributed by atoms with Crippen LogP contribution in [0.3, 0.4) is 0 Å². The highest BCUT2D eigenvalue weighted by Crippen LogP contribution is 2.30. The van der Waals surface area contributed by atoms with E-state index in [9.17, 15) is 4.79 Å². The molecular formula is C22H24N4O2. The number of carbonyl (C=O) groups is 1. The third-order valence-corrected chi connectivity index (χ3v) is 5.31. The zero-order valence-corrected chi connectivity index (χ0v) is 16.2. The molecule has 1 aliphatic heterocycles. The van der Waals surface area contributed by atoms with Gasteiger partial charge in [0.05, 0.1) is 7.11 Å². The maximum absolute atomic E-state index is 12.9. The Bertz CT molecular complexity index is 987. The van der Waals surface area contributed by atoms with Gasteiger partial charge in [-0.2, -0.15) is 0 Å². The number of piperidine rings is 1. The molecule has 6 nitrogen and oxygen atoms in total. The van der Waals surface area contributed by atoms with Crippen molar-refractivity contribution in [3.8, 4) is 5.75 Å². The monoisotopic (exact) mass is 376 g/mol. The summed E-state index contributed by atoms with van der Waals surface area (Å²) in [4.78, 5) is 15.2. The molecule has 144 valence electrons. The summed E-state index contributed by atoms with van der Waals surface area (Å²) in [5.74, 6) is 1.33. The van der Waals surface area contributed by atoms with Gasteiger partial charge in [0.1, 0.15) is 5.75 Å². The number of carbonyl (C=O) groups excluding carboxylic acids is 1. The van der Waals surface area contributed by atoms with E-state index >= 15 is 0 Å². The van der Waals surface area contributed by atoms with Gasteiger partial charge in [-0.3, -0.25) is 4.79 Å². The van der Waals surface area contributed by atoms with E-state index in [-0.39, 0.29) is 5.91 Å². The smallest absolute Gasteiger partial charge is 0.276 e. The van der Waals surface area contributed by atoms with E-state index in [0.29, 0.717) is 17.4 Å². The molecule has 0 radical (unpaired) electrons. The van der Waals surface area contributed by atoms with Crippen molar-refractivity contribution in [1.82, 2.24) is 10.2 Å². The summed E-state index contributed by atoms with van der Waals surface area (Å²) in [6.45, 7) is 3.19. The van der Waals surface area contributed by atoms with Crippen LogP contribution in [0.4, 0.5) is 11.5 Å². The summed E-state index contributed by atoms with van der Waals surface area (Å²) < 4.78 is 5.16. The van der Waals surface area contributed by atoms with Gasteiger partial charge in [0.15, 0.2) is 11.5 Å². The van der Waals surface area contributed by atoms with Gasteiger partial charge in [-0.1, -0.05) is 24.3 Å². The Labute approximate surface area is 164 Å². The Balaban J connectivity index is 1.68. The van der Waals surface area contributed by atoms with E-state index in [0.717, 1.165) is 41.7 Å². The minimum absolute atomic E-state index is 0.271. The Morgan fingerprint density at radius 1 is 1.07 bits per heavy atom. The zero-order chi connectivity index (χ0) is 19.5. The number of nitrogens with one attached hydrogen (secondary N) is 1. The third kappa shape index (κ3) is 3.50. The summed E-state index contributed by atoms with van der Waals surface area (Å²) in [7, 11) is 1.61. The zero-order valence-electron chi connectivity index (χ0n) is 16.2. The quantitative estimate of drug-likeness (QED) is 0.736. The second kappa shape index (κ2) is 7.84. The summed E-state index contributed by atoms with van der Waals surface area (Å²) in [5, 5.41) is 13.5. The number of benzene rings is 2. The number of aromatic nitrogens is 2. The minimum Gasteiger partial charge on any atom is -0.497 e. The fourth-order valence-electron chi connectivity index (χ4n) is 3.75. The van der Waals surface area contributed by atoms with Crippen LogP contribution >= 0.6 is 0 Å². The van der Waals surface area contributed by atoms with E-state index in [1.807, 2.05) is 24.3 Å². The Morgan fingerprint density at radius 3 is 2.54 bits per heavy atom. The van der Waals surface area contributed by atoms with Crippen LogP contribution in [0.15, 0.2) is 48.5 Å². The van der Waals surface area contributed by atoms with Crippen LogP contribution in [0.2, 0.25) is 0 Å². The summed E-state index contributed by atoms with van der Waals surface area (Å²) in [6.07, 6.45) is 3.54. The first kappa shape index (κ1) is 18.2. The Kier molecular flexibility index (Phi) is 5.10. The van der Waals surface area contributed by atoms with Crippen LogP contribution in [0, 0.1) is 0 Å². The minimum atomic E-state index is -0.271. The molecule has 1 saturated heterocycles. The molecule has 28 heavy (non-hydrogen) atoms. The van der Waals surface area contributed by atoms with Crippen LogP contribution in [-0.2, 0) is 0 Å². The summed E-state index contributed by atoms with van der Waals surface area (Å²) in [6, 6.07) is 15.5. The number of hydrogen-bond donors (Lipinski definition) is 1. The molecule has 0 aliphatic carbocycles. The lowest BCUT2D eigenvalue weighted by molar-refractivity contribution is 0.102. The van der Waals surface area contributed by atoms with Crippen LogP contribution in [0.25, 0.3) is 10.8 Å². The molecule has 2 heterocycles. The van der Waals surface area contributed by atoms with E-state index in [4.69, 9.17) is 4.74 Å². The van der Waals surface area contributed by atoms with Gasteiger partial charge in [-0.25, -0.2) is 0 Å². The summed E-state index contributed by atoms with van der Waals surface area (Å²) >= 11 is 0. The molecule has 0 spiro atoms. The van der Waals surface area contributed by atoms with Crippen molar-refractivity contribution in [1.29, 1.82) is 0 Å². The van der Waals surface area contributed by atoms with Crippen LogP contribution < -0.4 is 15.0 Å². The van der Waals surface area contributed by atoms with Crippen LogP contribution in [0.1, 0.15) is 36.7 Å². The van der Waals surface area contributed by atoms with Gasteiger partial charge < -0.3 is 15.0 Å². The molecule has 4 rings (SSSR count). The molecule has 1 aromatic heterocycles. The van der Waals surface area contributed by atoms with Gasteiger partial charge in [-0.15, -0.1) is 10.2 Å². The van der Waals surface area contributed by atoms with Gasteiger partial charge in [0, 0.05) is 29.0 Å². The third-order valence-electron chi connectivity index (χ3n) is 5.31. The number of rotatable bonds is 4. The molecule has 1 aliphatic rings. The maximum Gasteiger partial charge on any atom is 0.276 e. The number of ether oxygens (including phenoxy) is 1. The molecule has 1 unspecified atom stereocenters. The van der Waals surface area contributed by atoms with Crippen molar-refractivity contribution in [3.63, 3.8) is 0 Å². The molecule has 0 bridgehead atoms. The molecule has 3 aromatic rings. The number of amides is 1. The highest BCUT2D eigenvalue weighted by Gasteiger charge is 2.24. The Hall–Kier alpha value is -3.15. The number of anilines is 2. The van der Waals surface area contributed by atoms with Crippen molar-refractivity contribution in [2.75, 3.05) is 23.9 Å². The lowest BCUT2D eigenvalue weighted by Crippen LogP contribution is -2.38. The van der Waals surface area contributed by atoms with Gasteiger partial charge in [-0.05, 0) is 50.5 Å². The largest absolute Gasteiger partial charge is 0.497 e. The molecule has 1 amide bonds. The molecule has 1 atom stereocenters. The van der Waals surface area contributed by atoms with Crippen LogP contribution in [0.5, 0.6) is 5.75 Å². The second-order valence-corrected chi connectivity index (χ2v) is 7.14. The highest BCUT2D eigenvalue weighted by atomic mass is 16.5. The van der Waals surface area contributed by atoms with Crippen molar-refractivity contribution >= 4 is 28.2 Å². The number of nitrogens with zero attached hydrogens (tertiary/aromatic N) is 3. The second-order valence-electron chi connectivity index (χ2n) is 7.14. The fourth-order valence-corrected chi connectivity index (χ4v) is 3.75. The number of methoxy groups -OCH3 is 1. The Morgan fingerprint density at radius 2 is 1.82 bits per heavy atom. The van der Waals surface area contributed by atoms with Gasteiger partial charge >= 0.3 is 0 Å². The van der Waals surface area contributed by atoms with Crippen molar-refractivity contribution in [2.24, 2.45) is 0 Å². The number of fused-ring (bicyclic) bond motifs is 1. The lowest BCUT2D eigenvalue weighted by atomic mass is 10.0. The van der Waals surface area contributed by atoms with Crippen molar-refractivity contribution < 1.29 is 9.53 Å². The fraction of sp³-hybridized carbons (Fsp3) is 0.318. The first-order valence-electron chi connectivity index (χ1n) is 9.65. The molecule has 2 aromatic carbocycles. The SMILES string of the molecule is COc1ccc(NC(=O)c2nnc(N3CCCCC3C)c3ccccc23)cc1. The molecule has 6 heteroatoms. The first-order valence-corrected chi connectivity index (χ1v) is 9.65. The van der Waals surface area contributed by atoms with Crippen molar-refractivity contribution in [2.45, 2.75) is 32.2 Å². The standard InChI is InChI=1S/C22H24N4O2/c1-15-7-5-6-14-26(15)21-19-9-4-3-8-18(19)20(24-25-21)22(27)23-16-10-12-17(28-2)13-11-16/h3-4,8-13,15H,5-7,14H2,1-2H3,(H,23,27). The molecule has 0 saturated carbocycles.